The zero-order chi connectivity index (χ0) is 18.1. The second-order valence-electron chi connectivity index (χ2n) is 5.30. The predicted octanol–water partition coefficient (Wildman–Crippen LogP) is 2.80. The van der Waals surface area contributed by atoms with E-state index in [2.05, 4.69) is 5.32 Å². The van der Waals surface area contributed by atoms with Crippen LogP contribution in [0.3, 0.4) is 0 Å². The minimum absolute atomic E-state index is 0.203. The molecule has 0 aromatic heterocycles. The van der Waals surface area contributed by atoms with Gasteiger partial charge in [-0.3, -0.25) is 9.59 Å². The van der Waals surface area contributed by atoms with Crippen molar-refractivity contribution in [3.63, 3.8) is 0 Å². The first kappa shape index (κ1) is 18.3. The minimum atomic E-state index is -0.989. The Hall–Kier alpha value is -3.02. The van der Waals surface area contributed by atoms with Gasteiger partial charge in [0, 0.05) is 0 Å². The SMILES string of the molecule is CCOc1ccccc1OCC(=O)NC(CC(=O)O)c1ccccc1. The summed E-state index contributed by atoms with van der Waals surface area (Å²) in [5, 5.41) is 11.8. The van der Waals surface area contributed by atoms with E-state index in [9.17, 15) is 9.59 Å². The molecule has 0 heterocycles. The molecule has 0 radical (unpaired) electrons. The summed E-state index contributed by atoms with van der Waals surface area (Å²) in [6.07, 6.45) is -0.203. The van der Waals surface area contributed by atoms with E-state index in [0.29, 0.717) is 18.1 Å². The third kappa shape index (κ3) is 5.84. The highest BCUT2D eigenvalue weighted by Crippen LogP contribution is 2.26. The Bertz CT molecular complexity index is 702. The Balaban J connectivity index is 1.98. The molecule has 6 nitrogen and oxygen atoms in total. The van der Waals surface area contributed by atoms with Gasteiger partial charge in [-0.05, 0) is 24.6 Å². The van der Waals surface area contributed by atoms with Crippen LogP contribution in [0.1, 0.15) is 24.9 Å². The Labute approximate surface area is 146 Å². The van der Waals surface area contributed by atoms with Gasteiger partial charge in [0.2, 0.25) is 0 Å². The maximum absolute atomic E-state index is 12.2. The standard InChI is InChI=1S/C19H21NO5/c1-2-24-16-10-6-7-11-17(16)25-13-18(21)20-15(12-19(22)23)14-8-4-3-5-9-14/h3-11,15H,2,12-13H2,1H3,(H,20,21)(H,22,23). The molecule has 25 heavy (non-hydrogen) atoms. The number of rotatable bonds is 9. The molecule has 2 rings (SSSR count). The van der Waals surface area contributed by atoms with Crippen LogP contribution in [0.15, 0.2) is 54.6 Å². The molecule has 0 spiro atoms. The van der Waals surface area contributed by atoms with Gasteiger partial charge >= 0.3 is 5.97 Å². The number of benzene rings is 2. The molecule has 0 aliphatic carbocycles. The van der Waals surface area contributed by atoms with Gasteiger partial charge in [0.25, 0.3) is 5.91 Å². The van der Waals surface area contributed by atoms with Crippen molar-refractivity contribution in [2.75, 3.05) is 13.2 Å². The van der Waals surface area contributed by atoms with Crippen LogP contribution in [0.5, 0.6) is 11.5 Å². The van der Waals surface area contributed by atoms with E-state index in [4.69, 9.17) is 14.6 Å². The van der Waals surface area contributed by atoms with Gasteiger partial charge in [-0.15, -0.1) is 0 Å². The number of ether oxygens (including phenoxy) is 2. The number of hydrogen-bond donors (Lipinski definition) is 2. The van der Waals surface area contributed by atoms with Crippen LogP contribution in [0.4, 0.5) is 0 Å². The Morgan fingerprint density at radius 2 is 1.60 bits per heavy atom. The fraction of sp³-hybridized carbons (Fsp3) is 0.263. The number of nitrogens with one attached hydrogen (secondary N) is 1. The van der Waals surface area contributed by atoms with Crippen LogP contribution in [-0.2, 0) is 9.59 Å². The molecule has 1 amide bonds. The van der Waals surface area contributed by atoms with E-state index in [1.165, 1.54) is 0 Å². The van der Waals surface area contributed by atoms with Crippen LogP contribution in [0.25, 0.3) is 0 Å². The normalized spacial score (nSPS) is 11.4. The molecule has 2 aromatic rings. The highest BCUT2D eigenvalue weighted by molar-refractivity contribution is 5.79. The molecule has 0 aliphatic rings. The second kappa shape index (κ2) is 9.32. The Morgan fingerprint density at radius 3 is 2.20 bits per heavy atom. The van der Waals surface area contributed by atoms with E-state index in [-0.39, 0.29) is 13.0 Å². The van der Waals surface area contributed by atoms with E-state index in [1.54, 1.807) is 42.5 Å². The first-order chi connectivity index (χ1) is 12.1. The third-order valence-electron chi connectivity index (χ3n) is 3.42. The fourth-order valence-electron chi connectivity index (χ4n) is 2.34. The zero-order valence-electron chi connectivity index (χ0n) is 14.0. The molecule has 0 saturated heterocycles. The van der Waals surface area contributed by atoms with Crippen LogP contribution < -0.4 is 14.8 Å². The largest absolute Gasteiger partial charge is 0.490 e. The van der Waals surface area contributed by atoms with E-state index < -0.39 is 17.9 Å². The van der Waals surface area contributed by atoms with E-state index in [1.807, 2.05) is 19.1 Å². The van der Waals surface area contributed by atoms with Gasteiger partial charge in [0.05, 0.1) is 19.1 Å². The molecule has 132 valence electrons. The molecule has 2 aromatic carbocycles. The maximum Gasteiger partial charge on any atom is 0.305 e. The highest BCUT2D eigenvalue weighted by atomic mass is 16.5. The van der Waals surface area contributed by atoms with E-state index >= 15 is 0 Å². The highest BCUT2D eigenvalue weighted by Gasteiger charge is 2.18. The molecule has 6 heteroatoms. The summed E-state index contributed by atoms with van der Waals surface area (Å²) >= 11 is 0. The van der Waals surface area contributed by atoms with Crippen molar-refractivity contribution in [1.29, 1.82) is 0 Å². The minimum Gasteiger partial charge on any atom is -0.490 e. The van der Waals surface area contributed by atoms with Crippen molar-refractivity contribution in [2.45, 2.75) is 19.4 Å². The Morgan fingerprint density at radius 1 is 1.00 bits per heavy atom. The lowest BCUT2D eigenvalue weighted by molar-refractivity contribution is -0.137. The summed E-state index contributed by atoms with van der Waals surface area (Å²) in [6, 6.07) is 15.4. The van der Waals surface area contributed by atoms with E-state index in [0.717, 1.165) is 5.56 Å². The molecule has 0 aliphatic heterocycles. The summed E-state index contributed by atoms with van der Waals surface area (Å²) in [5.41, 5.74) is 0.730. The second-order valence-corrected chi connectivity index (χ2v) is 5.30. The monoisotopic (exact) mass is 343 g/mol. The van der Waals surface area contributed by atoms with Gasteiger partial charge in [-0.25, -0.2) is 0 Å². The summed E-state index contributed by atoms with van der Waals surface area (Å²) in [6.45, 7) is 2.12. The van der Waals surface area contributed by atoms with Crippen LogP contribution in [0.2, 0.25) is 0 Å². The summed E-state index contributed by atoms with van der Waals surface area (Å²) in [4.78, 5) is 23.2. The average Bonchev–Trinajstić information content (AvgIpc) is 2.61. The fourth-order valence-corrected chi connectivity index (χ4v) is 2.34. The van der Waals surface area contributed by atoms with Gasteiger partial charge in [0.15, 0.2) is 18.1 Å². The predicted molar refractivity (Wildman–Crippen MR) is 92.7 cm³/mol. The lowest BCUT2D eigenvalue weighted by Gasteiger charge is -2.18. The quantitative estimate of drug-likeness (QED) is 0.731. The summed E-state index contributed by atoms with van der Waals surface area (Å²) in [5.74, 6) is -0.366. The lowest BCUT2D eigenvalue weighted by atomic mass is 10.0. The molecule has 1 unspecified atom stereocenters. The van der Waals surface area contributed by atoms with Gasteiger partial charge in [0.1, 0.15) is 0 Å². The van der Waals surface area contributed by atoms with Crippen molar-refractivity contribution in [2.24, 2.45) is 0 Å². The zero-order valence-corrected chi connectivity index (χ0v) is 14.0. The van der Waals surface area contributed by atoms with Crippen LogP contribution in [-0.4, -0.2) is 30.2 Å². The average molecular weight is 343 g/mol. The molecule has 1 atom stereocenters. The maximum atomic E-state index is 12.2. The first-order valence-electron chi connectivity index (χ1n) is 8.01. The van der Waals surface area contributed by atoms with Crippen LogP contribution >= 0.6 is 0 Å². The molecule has 0 saturated carbocycles. The van der Waals surface area contributed by atoms with Gasteiger partial charge < -0.3 is 19.9 Å². The number of aliphatic carboxylic acids is 1. The van der Waals surface area contributed by atoms with Crippen LogP contribution in [0, 0.1) is 0 Å². The van der Waals surface area contributed by atoms with Gasteiger partial charge in [-0.2, -0.15) is 0 Å². The van der Waals surface area contributed by atoms with Crippen molar-refractivity contribution in [3.05, 3.63) is 60.2 Å². The Kier molecular flexibility index (Phi) is 6.83. The smallest absolute Gasteiger partial charge is 0.305 e. The number of carboxylic acid groups (broad SMARTS) is 1. The molecule has 0 bridgehead atoms. The summed E-state index contributed by atoms with van der Waals surface area (Å²) in [7, 11) is 0. The number of carboxylic acids is 1. The number of carbonyl (C=O) groups excluding carboxylic acids is 1. The van der Waals surface area contributed by atoms with Gasteiger partial charge in [-0.1, -0.05) is 42.5 Å². The molecule has 2 N–H and O–H groups in total. The molecular formula is C19H21NO5. The molecule has 0 fully saturated rings. The lowest BCUT2D eigenvalue weighted by Crippen LogP contribution is -2.33. The number of hydrogen-bond acceptors (Lipinski definition) is 4. The summed E-state index contributed by atoms with van der Waals surface area (Å²) < 4.78 is 10.9. The van der Waals surface area contributed by atoms with Crippen molar-refractivity contribution in [3.8, 4) is 11.5 Å². The van der Waals surface area contributed by atoms with Crippen molar-refractivity contribution >= 4 is 11.9 Å². The third-order valence-corrected chi connectivity index (χ3v) is 3.42. The topological polar surface area (TPSA) is 84.9 Å². The van der Waals surface area contributed by atoms with Crippen molar-refractivity contribution in [1.82, 2.24) is 5.32 Å². The van der Waals surface area contributed by atoms with Crippen molar-refractivity contribution < 1.29 is 24.2 Å². The number of amides is 1. The molecular weight excluding hydrogens is 322 g/mol. The first-order valence-corrected chi connectivity index (χ1v) is 8.01. The number of para-hydroxylation sites is 2. The number of carbonyl (C=O) groups is 2.